The number of allylic oxidation sites excluding steroid dienone is 1. The second kappa shape index (κ2) is 7.15. The van der Waals surface area contributed by atoms with Crippen molar-refractivity contribution in [3.05, 3.63) is 81.6 Å². The number of halogens is 1. The molecule has 0 spiro atoms. The van der Waals surface area contributed by atoms with Gasteiger partial charge in [-0.25, -0.2) is 4.98 Å². The molecule has 3 rings (SSSR count). The Labute approximate surface area is 147 Å². The third-order valence-electron chi connectivity index (χ3n) is 3.40. The molecule has 1 aromatic heterocycles. The van der Waals surface area contributed by atoms with Gasteiger partial charge in [0, 0.05) is 16.8 Å². The summed E-state index contributed by atoms with van der Waals surface area (Å²) in [5.41, 5.74) is 1.89. The molecule has 0 atom stereocenters. The lowest BCUT2D eigenvalue weighted by molar-refractivity contribution is 0.671. The third kappa shape index (κ3) is 3.57. The molecule has 23 heavy (non-hydrogen) atoms. The molecule has 0 N–H and O–H groups in total. The second-order valence-electron chi connectivity index (χ2n) is 5.03. The van der Waals surface area contributed by atoms with Crippen molar-refractivity contribution in [2.75, 3.05) is 0 Å². The summed E-state index contributed by atoms with van der Waals surface area (Å²) in [6.07, 6.45) is 1.72. The summed E-state index contributed by atoms with van der Waals surface area (Å²) in [5, 5.41) is 1.36. The number of nitrogens with zero attached hydrogens (tertiary/aromatic N) is 2. The number of benzene rings is 2. The maximum Gasteiger partial charge on any atom is 0.262 e. The van der Waals surface area contributed by atoms with Crippen molar-refractivity contribution in [1.29, 1.82) is 0 Å². The molecule has 0 radical (unpaired) electrons. The highest BCUT2D eigenvalue weighted by molar-refractivity contribution is 9.10. The van der Waals surface area contributed by atoms with Gasteiger partial charge in [0.05, 0.1) is 10.9 Å². The van der Waals surface area contributed by atoms with E-state index in [0.29, 0.717) is 17.1 Å². The van der Waals surface area contributed by atoms with Gasteiger partial charge in [-0.3, -0.25) is 9.36 Å². The van der Waals surface area contributed by atoms with Crippen LogP contribution in [0.2, 0.25) is 0 Å². The molecule has 0 aliphatic rings. The van der Waals surface area contributed by atoms with Crippen molar-refractivity contribution in [3.63, 3.8) is 0 Å². The van der Waals surface area contributed by atoms with Crippen LogP contribution in [0.4, 0.5) is 0 Å². The van der Waals surface area contributed by atoms with Crippen LogP contribution in [0.25, 0.3) is 10.9 Å². The lowest BCUT2D eigenvalue weighted by Gasteiger charge is -2.11. The van der Waals surface area contributed by atoms with Crippen molar-refractivity contribution >= 4 is 38.6 Å². The standard InChI is InChI=1S/C18H15BrN2OS/c1-2-10-21-17(22)15-8-3-4-9-16(15)20-18(21)23-12-13-6-5-7-14(19)11-13/h2-9,11H,1,10,12H2. The van der Waals surface area contributed by atoms with Crippen molar-refractivity contribution in [2.24, 2.45) is 0 Å². The van der Waals surface area contributed by atoms with Gasteiger partial charge < -0.3 is 0 Å². The Hall–Kier alpha value is -1.85. The van der Waals surface area contributed by atoms with E-state index in [1.54, 1.807) is 22.4 Å². The smallest absolute Gasteiger partial charge is 0.262 e. The molecule has 3 nitrogen and oxygen atoms in total. The van der Waals surface area contributed by atoms with Gasteiger partial charge in [-0.05, 0) is 29.8 Å². The van der Waals surface area contributed by atoms with Gasteiger partial charge >= 0.3 is 0 Å². The van der Waals surface area contributed by atoms with Crippen molar-refractivity contribution in [3.8, 4) is 0 Å². The van der Waals surface area contributed by atoms with Crippen LogP contribution in [0.1, 0.15) is 5.56 Å². The number of aromatic nitrogens is 2. The average Bonchev–Trinajstić information content (AvgIpc) is 2.56. The van der Waals surface area contributed by atoms with E-state index in [2.05, 4.69) is 39.6 Å². The number of hydrogen-bond acceptors (Lipinski definition) is 3. The Kier molecular flexibility index (Phi) is 4.98. The zero-order valence-corrected chi connectivity index (χ0v) is 14.8. The van der Waals surface area contributed by atoms with Crippen molar-refractivity contribution < 1.29 is 0 Å². The molecule has 0 amide bonds. The zero-order valence-electron chi connectivity index (χ0n) is 12.4. The quantitative estimate of drug-likeness (QED) is 0.364. The minimum absolute atomic E-state index is 0.0211. The number of rotatable bonds is 5. The Morgan fingerprint density at radius 3 is 2.83 bits per heavy atom. The minimum Gasteiger partial charge on any atom is -0.283 e. The van der Waals surface area contributed by atoms with E-state index in [1.165, 1.54) is 5.56 Å². The fourth-order valence-electron chi connectivity index (χ4n) is 2.32. The fourth-order valence-corrected chi connectivity index (χ4v) is 3.72. The second-order valence-corrected chi connectivity index (χ2v) is 6.89. The number of para-hydroxylation sites is 1. The van der Waals surface area contributed by atoms with Crippen LogP contribution in [0, 0.1) is 0 Å². The summed E-state index contributed by atoms with van der Waals surface area (Å²) in [5.74, 6) is 0.751. The SMILES string of the molecule is C=CCn1c(SCc2cccc(Br)c2)nc2ccccc2c1=O. The molecule has 0 saturated carbocycles. The molecule has 3 aromatic rings. The summed E-state index contributed by atoms with van der Waals surface area (Å²) in [6, 6.07) is 15.6. The normalized spacial score (nSPS) is 10.8. The van der Waals surface area contributed by atoms with Crippen molar-refractivity contribution in [1.82, 2.24) is 9.55 Å². The van der Waals surface area contributed by atoms with Gasteiger partial charge in [-0.1, -0.05) is 58.0 Å². The Morgan fingerprint density at radius 1 is 1.22 bits per heavy atom. The van der Waals surface area contributed by atoms with E-state index >= 15 is 0 Å². The monoisotopic (exact) mass is 386 g/mol. The largest absolute Gasteiger partial charge is 0.283 e. The van der Waals surface area contributed by atoms with Crippen LogP contribution in [-0.4, -0.2) is 9.55 Å². The van der Waals surface area contributed by atoms with E-state index in [0.717, 1.165) is 15.7 Å². The Bertz CT molecular complexity index is 920. The Balaban J connectivity index is 2.00. The predicted molar refractivity (Wildman–Crippen MR) is 99.9 cm³/mol. The molecule has 0 aliphatic heterocycles. The van der Waals surface area contributed by atoms with Crippen LogP contribution < -0.4 is 5.56 Å². The summed E-state index contributed by atoms with van der Waals surface area (Å²) < 4.78 is 2.73. The minimum atomic E-state index is -0.0211. The molecule has 5 heteroatoms. The topological polar surface area (TPSA) is 34.9 Å². The first-order chi connectivity index (χ1) is 11.2. The lowest BCUT2D eigenvalue weighted by atomic mass is 10.2. The first kappa shape index (κ1) is 16.0. The molecule has 0 bridgehead atoms. The first-order valence-electron chi connectivity index (χ1n) is 7.17. The van der Waals surface area contributed by atoms with E-state index < -0.39 is 0 Å². The van der Waals surface area contributed by atoms with Crippen LogP contribution >= 0.6 is 27.7 Å². The molecule has 0 saturated heterocycles. The molecule has 0 aliphatic carbocycles. The van der Waals surface area contributed by atoms with E-state index in [-0.39, 0.29) is 5.56 Å². The van der Waals surface area contributed by atoms with Gasteiger partial charge in [0.2, 0.25) is 0 Å². The highest BCUT2D eigenvalue weighted by atomic mass is 79.9. The highest BCUT2D eigenvalue weighted by Crippen LogP contribution is 2.23. The average molecular weight is 387 g/mol. The number of hydrogen-bond donors (Lipinski definition) is 0. The van der Waals surface area contributed by atoms with E-state index in [9.17, 15) is 4.79 Å². The maximum absolute atomic E-state index is 12.7. The molecule has 0 unspecified atom stereocenters. The zero-order chi connectivity index (χ0) is 16.2. The summed E-state index contributed by atoms with van der Waals surface area (Å²) in [4.78, 5) is 17.3. The van der Waals surface area contributed by atoms with Gasteiger partial charge in [0.1, 0.15) is 0 Å². The van der Waals surface area contributed by atoms with Gasteiger partial charge in [-0.2, -0.15) is 0 Å². The van der Waals surface area contributed by atoms with Gasteiger partial charge in [0.15, 0.2) is 5.16 Å². The van der Waals surface area contributed by atoms with Gasteiger partial charge in [0.25, 0.3) is 5.56 Å². The first-order valence-corrected chi connectivity index (χ1v) is 8.94. The molecule has 1 heterocycles. The molecule has 0 fully saturated rings. The predicted octanol–water partition coefficient (Wildman–Crippen LogP) is 4.64. The van der Waals surface area contributed by atoms with Gasteiger partial charge in [-0.15, -0.1) is 6.58 Å². The van der Waals surface area contributed by atoms with Crippen LogP contribution in [-0.2, 0) is 12.3 Å². The molecular formula is C18H15BrN2OS. The fraction of sp³-hybridized carbons (Fsp3) is 0.111. The van der Waals surface area contributed by atoms with E-state index in [4.69, 9.17) is 0 Å². The maximum atomic E-state index is 12.7. The highest BCUT2D eigenvalue weighted by Gasteiger charge is 2.10. The van der Waals surface area contributed by atoms with E-state index in [1.807, 2.05) is 36.4 Å². The molecular weight excluding hydrogens is 372 g/mol. The van der Waals surface area contributed by atoms with Crippen LogP contribution in [0.15, 0.2) is 75.6 Å². The third-order valence-corrected chi connectivity index (χ3v) is 4.94. The van der Waals surface area contributed by atoms with Crippen molar-refractivity contribution in [2.45, 2.75) is 17.5 Å². The molecule has 2 aromatic carbocycles. The lowest BCUT2D eigenvalue weighted by Crippen LogP contribution is -2.22. The number of thioether (sulfide) groups is 1. The summed E-state index contributed by atoms with van der Waals surface area (Å²) >= 11 is 5.04. The summed E-state index contributed by atoms with van der Waals surface area (Å²) in [6.45, 7) is 4.20. The number of fused-ring (bicyclic) bond motifs is 1. The van der Waals surface area contributed by atoms with Crippen LogP contribution in [0.3, 0.4) is 0 Å². The summed E-state index contributed by atoms with van der Waals surface area (Å²) in [7, 11) is 0. The Morgan fingerprint density at radius 2 is 2.04 bits per heavy atom. The van der Waals surface area contributed by atoms with Crippen LogP contribution in [0.5, 0.6) is 0 Å². The molecule has 116 valence electrons.